The molecule has 0 saturated heterocycles. The minimum atomic E-state index is -0.553. The Morgan fingerprint density at radius 3 is 2.79 bits per heavy atom. The molecule has 5 heteroatoms. The first-order chi connectivity index (χ1) is 6.16. The normalized spacial score (nSPS) is 11.3. The predicted octanol–water partition coefficient (Wildman–Crippen LogP) is 2.92. The summed E-state index contributed by atoms with van der Waals surface area (Å²) in [7, 11) is 0. The fourth-order valence-corrected chi connectivity index (χ4v) is 1.40. The van der Waals surface area contributed by atoms with E-state index in [1.165, 1.54) is 0 Å². The molecule has 0 aromatic heterocycles. The summed E-state index contributed by atoms with van der Waals surface area (Å²) in [6.07, 6.45) is 0.118. The number of hydrogen-bond acceptors (Lipinski definition) is 2. The van der Waals surface area contributed by atoms with Crippen molar-refractivity contribution in [3.63, 3.8) is 0 Å². The molecule has 0 bridgehead atoms. The summed E-state index contributed by atoms with van der Waals surface area (Å²) in [5.41, 5.74) is 5.96. The monoisotopic (exact) mass is 278 g/mol. The maximum Gasteiger partial charge on any atom is 0.142 e. The van der Waals surface area contributed by atoms with Crippen LogP contribution in [0.3, 0.4) is 0 Å². The van der Waals surface area contributed by atoms with Gasteiger partial charge in [-0.15, -0.1) is 12.4 Å². The van der Waals surface area contributed by atoms with Gasteiger partial charge in [-0.3, -0.25) is 0 Å². The molecule has 0 amide bonds. The standard InChI is InChI=1S/C9H8BrFN2.ClH/c10-7-3-1-2-6(9(7)11)8(13)4-5-12;/h1-3,8H,4,13H2;1H/t8-;/m0./s1. The lowest BCUT2D eigenvalue weighted by molar-refractivity contribution is 0.579. The Hall–Kier alpha value is -0.630. The lowest BCUT2D eigenvalue weighted by Crippen LogP contribution is -2.11. The molecule has 1 aromatic rings. The molecule has 0 aliphatic heterocycles. The quantitative estimate of drug-likeness (QED) is 0.905. The second kappa shape index (κ2) is 5.97. The molecule has 14 heavy (non-hydrogen) atoms. The third-order valence-electron chi connectivity index (χ3n) is 1.69. The molecule has 0 saturated carbocycles. The number of nitrogens with two attached hydrogens (primary N) is 1. The van der Waals surface area contributed by atoms with Gasteiger partial charge in [0.05, 0.1) is 17.0 Å². The van der Waals surface area contributed by atoms with E-state index in [4.69, 9.17) is 11.0 Å². The molecule has 2 nitrogen and oxygen atoms in total. The Morgan fingerprint density at radius 2 is 2.21 bits per heavy atom. The number of rotatable bonds is 2. The molecule has 2 N–H and O–H groups in total. The smallest absolute Gasteiger partial charge is 0.142 e. The molecule has 0 unspecified atom stereocenters. The fourth-order valence-electron chi connectivity index (χ4n) is 1.02. The summed E-state index contributed by atoms with van der Waals surface area (Å²) in [6.45, 7) is 0. The summed E-state index contributed by atoms with van der Waals surface area (Å²) in [4.78, 5) is 0. The fraction of sp³-hybridized carbons (Fsp3) is 0.222. The van der Waals surface area contributed by atoms with Crippen LogP contribution in [0.4, 0.5) is 4.39 Å². The van der Waals surface area contributed by atoms with Crippen LogP contribution in [0.2, 0.25) is 0 Å². The van der Waals surface area contributed by atoms with Crippen LogP contribution in [0.25, 0.3) is 0 Å². The lowest BCUT2D eigenvalue weighted by Gasteiger charge is -2.09. The van der Waals surface area contributed by atoms with Crippen molar-refractivity contribution in [1.82, 2.24) is 0 Å². The van der Waals surface area contributed by atoms with Crippen LogP contribution in [0.5, 0.6) is 0 Å². The molecule has 0 aliphatic rings. The van der Waals surface area contributed by atoms with E-state index in [-0.39, 0.29) is 24.6 Å². The summed E-state index contributed by atoms with van der Waals surface area (Å²) >= 11 is 3.05. The highest BCUT2D eigenvalue weighted by Gasteiger charge is 2.12. The Labute approximate surface area is 96.4 Å². The van der Waals surface area contributed by atoms with Gasteiger partial charge in [-0.1, -0.05) is 12.1 Å². The van der Waals surface area contributed by atoms with E-state index in [2.05, 4.69) is 15.9 Å². The molecule has 0 radical (unpaired) electrons. The summed E-state index contributed by atoms with van der Waals surface area (Å²) < 4.78 is 13.7. The number of hydrogen-bond donors (Lipinski definition) is 1. The van der Waals surface area contributed by atoms with E-state index in [9.17, 15) is 4.39 Å². The van der Waals surface area contributed by atoms with Crippen LogP contribution >= 0.6 is 28.3 Å². The first kappa shape index (κ1) is 13.4. The average Bonchev–Trinajstić information content (AvgIpc) is 2.10. The van der Waals surface area contributed by atoms with Crippen LogP contribution in [0.15, 0.2) is 22.7 Å². The third kappa shape index (κ3) is 2.95. The largest absolute Gasteiger partial charge is 0.323 e. The number of nitrogens with zero attached hydrogens (tertiary/aromatic N) is 1. The summed E-state index contributed by atoms with van der Waals surface area (Å²) in [5.74, 6) is -0.384. The Kier molecular flexibility index (Phi) is 5.70. The number of benzene rings is 1. The second-order valence-electron chi connectivity index (χ2n) is 2.61. The second-order valence-corrected chi connectivity index (χ2v) is 3.47. The first-order valence-electron chi connectivity index (χ1n) is 3.73. The van der Waals surface area contributed by atoms with Crippen molar-refractivity contribution < 1.29 is 4.39 Å². The Balaban J connectivity index is 0.00000169. The Morgan fingerprint density at radius 1 is 1.57 bits per heavy atom. The highest BCUT2D eigenvalue weighted by molar-refractivity contribution is 9.10. The van der Waals surface area contributed by atoms with Crippen molar-refractivity contribution in [2.45, 2.75) is 12.5 Å². The lowest BCUT2D eigenvalue weighted by atomic mass is 10.1. The molecule has 1 atom stereocenters. The molecule has 0 fully saturated rings. The van der Waals surface area contributed by atoms with Gasteiger partial charge in [-0.25, -0.2) is 4.39 Å². The van der Waals surface area contributed by atoms with Crippen LogP contribution in [-0.2, 0) is 0 Å². The maximum absolute atomic E-state index is 13.3. The summed E-state index contributed by atoms with van der Waals surface area (Å²) in [6, 6.07) is 6.23. The van der Waals surface area contributed by atoms with Crippen molar-refractivity contribution in [3.8, 4) is 6.07 Å². The zero-order chi connectivity index (χ0) is 9.84. The van der Waals surface area contributed by atoms with E-state index < -0.39 is 6.04 Å². The highest BCUT2D eigenvalue weighted by atomic mass is 79.9. The molecule has 1 rings (SSSR count). The zero-order valence-electron chi connectivity index (χ0n) is 7.21. The van der Waals surface area contributed by atoms with Crippen molar-refractivity contribution in [2.24, 2.45) is 5.73 Å². The van der Waals surface area contributed by atoms with Crippen LogP contribution in [-0.4, -0.2) is 0 Å². The van der Waals surface area contributed by atoms with Crippen LogP contribution in [0, 0.1) is 17.1 Å². The maximum atomic E-state index is 13.3. The molecular weight excluding hydrogens is 270 g/mol. The number of nitriles is 1. The van der Waals surface area contributed by atoms with Gasteiger partial charge < -0.3 is 5.73 Å². The third-order valence-corrected chi connectivity index (χ3v) is 2.30. The van der Waals surface area contributed by atoms with E-state index in [0.29, 0.717) is 10.0 Å². The molecule has 0 heterocycles. The molecule has 76 valence electrons. The topological polar surface area (TPSA) is 49.8 Å². The van der Waals surface area contributed by atoms with E-state index in [1.54, 1.807) is 18.2 Å². The summed E-state index contributed by atoms with van der Waals surface area (Å²) in [5, 5.41) is 8.39. The van der Waals surface area contributed by atoms with Gasteiger partial charge in [0.15, 0.2) is 0 Å². The van der Waals surface area contributed by atoms with Crippen LogP contribution in [0.1, 0.15) is 18.0 Å². The predicted molar refractivity (Wildman–Crippen MR) is 58.5 cm³/mol. The first-order valence-corrected chi connectivity index (χ1v) is 4.52. The van der Waals surface area contributed by atoms with E-state index in [0.717, 1.165) is 0 Å². The van der Waals surface area contributed by atoms with Gasteiger partial charge in [0.1, 0.15) is 5.82 Å². The van der Waals surface area contributed by atoms with Crippen molar-refractivity contribution in [1.29, 1.82) is 5.26 Å². The minimum Gasteiger partial charge on any atom is -0.323 e. The zero-order valence-corrected chi connectivity index (χ0v) is 9.61. The SMILES string of the molecule is Cl.N#CC[C@H](N)c1cccc(Br)c1F. The van der Waals surface area contributed by atoms with Gasteiger partial charge in [-0.2, -0.15) is 5.26 Å². The van der Waals surface area contributed by atoms with Crippen LogP contribution < -0.4 is 5.73 Å². The van der Waals surface area contributed by atoms with Crippen molar-refractivity contribution >= 4 is 28.3 Å². The minimum absolute atomic E-state index is 0. The van der Waals surface area contributed by atoms with Crippen molar-refractivity contribution in [2.75, 3.05) is 0 Å². The van der Waals surface area contributed by atoms with Crippen molar-refractivity contribution in [3.05, 3.63) is 34.1 Å². The van der Waals surface area contributed by atoms with Gasteiger partial charge in [-0.05, 0) is 22.0 Å². The van der Waals surface area contributed by atoms with E-state index in [1.807, 2.05) is 6.07 Å². The van der Waals surface area contributed by atoms with E-state index >= 15 is 0 Å². The molecule has 0 aliphatic carbocycles. The average molecular weight is 280 g/mol. The Bertz CT molecular complexity index is 351. The molecule has 1 aromatic carbocycles. The number of halogens is 3. The molecule has 0 spiro atoms. The van der Waals surface area contributed by atoms with Gasteiger partial charge >= 0.3 is 0 Å². The highest BCUT2D eigenvalue weighted by Crippen LogP contribution is 2.23. The van der Waals surface area contributed by atoms with Gasteiger partial charge in [0, 0.05) is 11.6 Å². The molecular formula is C9H9BrClFN2. The van der Waals surface area contributed by atoms with Gasteiger partial charge in [0.25, 0.3) is 0 Å². The van der Waals surface area contributed by atoms with Gasteiger partial charge in [0.2, 0.25) is 0 Å².